The third kappa shape index (κ3) is 5.37. The van der Waals surface area contributed by atoms with Crippen LogP contribution in [0, 0.1) is 13.8 Å². The fraction of sp³-hybridized carbons (Fsp3) is 0.238. The Hall–Kier alpha value is -2.91. The lowest BCUT2D eigenvalue weighted by Gasteiger charge is -2.19. The van der Waals surface area contributed by atoms with Crippen molar-refractivity contribution in [3.05, 3.63) is 65.2 Å². The minimum Gasteiger partial charge on any atom is -0.480 e. The van der Waals surface area contributed by atoms with Crippen molar-refractivity contribution in [3.8, 4) is 5.75 Å². The molecule has 0 saturated heterocycles. The maximum Gasteiger partial charge on any atom is 0.265 e. The molecule has 1 heterocycles. The predicted molar refractivity (Wildman–Crippen MR) is 119 cm³/mol. The first-order valence-electron chi connectivity index (χ1n) is 9.35. The van der Waals surface area contributed by atoms with Gasteiger partial charge < -0.3 is 10.1 Å². The van der Waals surface area contributed by atoms with E-state index in [2.05, 4.69) is 15.0 Å². The Kier molecular flexibility index (Phi) is 6.73. The van der Waals surface area contributed by atoms with E-state index >= 15 is 0 Å². The second-order valence-corrected chi connectivity index (χ2v) is 9.32. The number of thiazole rings is 1. The number of hydrogen-bond donors (Lipinski definition) is 2. The Morgan fingerprint density at radius 1 is 1.17 bits per heavy atom. The van der Waals surface area contributed by atoms with Gasteiger partial charge in [0.1, 0.15) is 5.75 Å². The molecule has 0 unspecified atom stereocenters. The predicted octanol–water partition coefficient (Wildman–Crippen LogP) is 4.36. The second-order valence-electron chi connectivity index (χ2n) is 6.74. The lowest BCUT2D eigenvalue weighted by atomic mass is 10.1. The summed E-state index contributed by atoms with van der Waals surface area (Å²) in [5, 5.41) is 4.76. The van der Waals surface area contributed by atoms with Crippen LogP contribution in [0.1, 0.15) is 24.5 Å². The third-order valence-corrected chi connectivity index (χ3v) is 6.53. The van der Waals surface area contributed by atoms with E-state index in [1.807, 2.05) is 39.0 Å². The monoisotopic (exact) mass is 445 g/mol. The summed E-state index contributed by atoms with van der Waals surface area (Å²) < 4.78 is 33.1. The number of hydrogen-bond acceptors (Lipinski definition) is 6. The van der Waals surface area contributed by atoms with Gasteiger partial charge in [0.25, 0.3) is 15.9 Å². The van der Waals surface area contributed by atoms with Gasteiger partial charge in [0.15, 0.2) is 11.2 Å². The smallest absolute Gasteiger partial charge is 0.265 e. The van der Waals surface area contributed by atoms with E-state index < -0.39 is 16.1 Å². The number of aromatic nitrogens is 1. The van der Waals surface area contributed by atoms with E-state index in [0.29, 0.717) is 23.0 Å². The van der Waals surface area contributed by atoms with Crippen molar-refractivity contribution in [2.45, 2.75) is 38.2 Å². The average molecular weight is 446 g/mol. The topological polar surface area (TPSA) is 97.4 Å². The Bertz CT molecular complexity index is 1110. The van der Waals surface area contributed by atoms with Crippen LogP contribution in [0.5, 0.6) is 5.75 Å². The minimum absolute atomic E-state index is 0.0781. The zero-order chi connectivity index (χ0) is 21.7. The van der Waals surface area contributed by atoms with Crippen LogP contribution < -0.4 is 14.8 Å². The number of amides is 1. The van der Waals surface area contributed by atoms with Crippen LogP contribution in [0.3, 0.4) is 0 Å². The largest absolute Gasteiger partial charge is 0.480 e. The van der Waals surface area contributed by atoms with Gasteiger partial charge in [0.2, 0.25) is 0 Å². The highest BCUT2D eigenvalue weighted by Gasteiger charge is 2.20. The van der Waals surface area contributed by atoms with E-state index in [0.717, 1.165) is 11.1 Å². The molecule has 0 spiro atoms. The van der Waals surface area contributed by atoms with E-state index in [1.165, 1.54) is 29.7 Å². The molecule has 158 valence electrons. The summed E-state index contributed by atoms with van der Waals surface area (Å²) in [4.78, 5) is 16.7. The molecule has 0 fully saturated rings. The van der Waals surface area contributed by atoms with Crippen LogP contribution in [0.4, 0.5) is 10.8 Å². The second kappa shape index (κ2) is 9.27. The van der Waals surface area contributed by atoms with E-state index in [1.54, 1.807) is 17.5 Å². The van der Waals surface area contributed by atoms with Gasteiger partial charge in [-0.25, -0.2) is 13.4 Å². The van der Waals surface area contributed by atoms with Crippen LogP contribution >= 0.6 is 11.3 Å². The van der Waals surface area contributed by atoms with Crippen LogP contribution in [0.25, 0.3) is 0 Å². The maximum absolute atomic E-state index is 12.7. The number of sulfonamides is 1. The molecule has 2 aromatic carbocycles. The van der Waals surface area contributed by atoms with Gasteiger partial charge in [-0.15, -0.1) is 11.3 Å². The van der Waals surface area contributed by atoms with Gasteiger partial charge >= 0.3 is 0 Å². The Labute approximate surface area is 180 Å². The molecule has 0 aliphatic rings. The Morgan fingerprint density at radius 2 is 1.90 bits per heavy atom. The molecule has 9 heteroatoms. The molecule has 7 nitrogen and oxygen atoms in total. The van der Waals surface area contributed by atoms with Gasteiger partial charge in [-0.2, -0.15) is 0 Å². The highest BCUT2D eigenvalue weighted by atomic mass is 32.2. The number of aryl methyl sites for hydroxylation is 2. The number of nitrogens with zero attached hydrogens (tertiary/aromatic N) is 1. The van der Waals surface area contributed by atoms with Gasteiger partial charge in [-0.05, 0) is 61.7 Å². The summed E-state index contributed by atoms with van der Waals surface area (Å²) in [6.45, 7) is 5.76. The molecule has 3 aromatic rings. The molecule has 1 amide bonds. The summed E-state index contributed by atoms with van der Waals surface area (Å²) in [7, 11) is -3.74. The number of nitrogens with one attached hydrogen (secondary N) is 2. The quantitative estimate of drug-likeness (QED) is 0.537. The average Bonchev–Trinajstić information content (AvgIpc) is 3.21. The molecule has 0 bridgehead atoms. The number of rotatable bonds is 8. The summed E-state index contributed by atoms with van der Waals surface area (Å²) in [6, 6.07) is 11.8. The molecule has 0 aliphatic carbocycles. The first kappa shape index (κ1) is 21.8. The first-order valence-corrected chi connectivity index (χ1v) is 11.7. The standard InChI is InChI=1S/C21H23N3O4S2/c1-4-18(28-19-13-14(2)5-6-15(19)3)20(25)23-16-7-9-17(10-8-16)30(26,27)24-21-22-11-12-29-21/h5-13,18H,4H2,1-3H3,(H,22,24)(H,23,25)/t18-/m0/s1. The molecule has 0 aliphatic heterocycles. The summed E-state index contributed by atoms with van der Waals surface area (Å²) >= 11 is 1.19. The number of carbonyl (C=O) groups excluding carboxylic acids is 1. The Balaban J connectivity index is 1.67. The van der Waals surface area contributed by atoms with Crippen molar-refractivity contribution in [1.82, 2.24) is 4.98 Å². The van der Waals surface area contributed by atoms with Crippen LogP contribution in [0.2, 0.25) is 0 Å². The molecular formula is C21H23N3O4S2. The van der Waals surface area contributed by atoms with Crippen LogP contribution in [-0.2, 0) is 14.8 Å². The zero-order valence-electron chi connectivity index (χ0n) is 16.9. The zero-order valence-corrected chi connectivity index (χ0v) is 18.5. The molecule has 1 aromatic heterocycles. The van der Waals surface area contributed by atoms with Gasteiger partial charge in [0.05, 0.1) is 4.90 Å². The SMILES string of the molecule is CC[C@H](Oc1cc(C)ccc1C)C(=O)Nc1ccc(S(=O)(=O)Nc2nccs2)cc1. The molecule has 30 heavy (non-hydrogen) atoms. The van der Waals surface area contributed by atoms with Crippen molar-refractivity contribution >= 4 is 38.1 Å². The van der Waals surface area contributed by atoms with Crippen molar-refractivity contribution in [3.63, 3.8) is 0 Å². The highest BCUT2D eigenvalue weighted by molar-refractivity contribution is 7.93. The lowest BCUT2D eigenvalue weighted by Crippen LogP contribution is -2.32. The minimum atomic E-state index is -3.74. The van der Waals surface area contributed by atoms with Crippen molar-refractivity contribution in [2.75, 3.05) is 10.0 Å². The van der Waals surface area contributed by atoms with Crippen LogP contribution in [0.15, 0.2) is 58.9 Å². The summed E-state index contributed by atoms with van der Waals surface area (Å²) in [5.74, 6) is 0.377. The number of benzene rings is 2. The highest BCUT2D eigenvalue weighted by Crippen LogP contribution is 2.23. The normalized spacial score (nSPS) is 12.2. The molecule has 0 saturated carbocycles. The fourth-order valence-corrected chi connectivity index (χ4v) is 4.49. The molecule has 0 radical (unpaired) electrons. The maximum atomic E-state index is 12.7. The Morgan fingerprint density at radius 3 is 2.53 bits per heavy atom. The van der Waals surface area contributed by atoms with E-state index in [-0.39, 0.29) is 10.8 Å². The van der Waals surface area contributed by atoms with Gasteiger partial charge in [-0.1, -0.05) is 19.1 Å². The van der Waals surface area contributed by atoms with E-state index in [4.69, 9.17) is 4.74 Å². The lowest BCUT2D eigenvalue weighted by molar-refractivity contribution is -0.122. The van der Waals surface area contributed by atoms with Gasteiger partial charge in [0, 0.05) is 17.3 Å². The van der Waals surface area contributed by atoms with Crippen molar-refractivity contribution in [2.24, 2.45) is 0 Å². The third-order valence-electron chi connectivity index (χ3n) is 4.36. The number of anilines is 2. The fourth-order valence-electron chi connectivity index (χ4n) is 2.70. The molecule has 3 rings (SSSR count). The molecular weight excluding hydrogens is 422 g/mol. The van der Waals surface area contributed by atoms with Crippen molar-refractivity contribution in [1.29, 1.82) is 0 Å². The van der Waals surface area contributed by atoms with Crippen LogP contribution in [-0.4, -0.2) is 25.4 Å². The van der Waals surface area contributed by atoms with E-state index in [9.17, 15) is 13.2 Å². The first-order chi connectivity index (χ1) is 14.3. The summed E-state index contributed by atoms with van der Waals surface area (Å²) in [5.41, 5.74) is 2.49. The van der Waals surface area contributed by atoms with Crippen molar-refractivity contribution < 1.29 is 17.9 Å². The number of ether oxygens (including phenoxy) is 1. The molecule has 2 N–H and O–H groups in total. The molecule has 1 atom stereocenters. The number of carbonyl (C=O) groups is 1. The summed E-state index contributed by atoms with van der Waals surface area (Å²) in [6.07, 6.45) is 1.34. The van der Waals surface area contributed by atoms with Gasteiger partial charge in [-0.3, -0.25) is 9.52 Å².